The number of esters is 1. The summed E-state index contributed by atoms with van der Waals surface area (Å²) in [5.41, 5.74) is 5.38. The number of hydrogen-bond donors (Lipinski definition) is 1. The highest BCUT2D eigenvalue weighted by atomic mass is 32.3. The van der Waals surface area contributed by atoms with Crippen molar-refractivity contribution in [2.24, 2.45) is 0 Å². The first-order valence-electron chi connectivity index (χ1n) is 15.4. The number of ether oxygens (including phenoxy) is 1. The van der Waals surface area contributed by atoms with Crippen molar-refractivity contribution in [2.75, 3.05) is 6.61 Å². The number of thioether (sulfide) groups is 1. The van der Waals surface area contributed by atoms with E-state index >= 15 is 0 Å². The summed E-state index contributed by atoms with van der Waals surface area (Å²) in [5.74, 6) is 0.0783. The SMILES string of the molecule is CC(C)(Cc1cc(C(C)(C)C)cc(C(C)(C)C)c1)Sc1cc(C(C)(C)C)c(OC(=O)CCCOS(=O)(=O)O)c(C(C)(C)C)c1. The second kappa shape index (κ2) is 13.5. The highest BCUT2D eigenvalue weighted by Gasteiger charge is 2.31. The Morgan fingerprint density at radius 1 is 0.727 bits per heavy atom. The van der Waals surface area contributed by atoms with Crippen LogP contribution in [0.25, 0.3) is 0 Å². The van der Waals surface area contributed by atoms with Crippen LogP contribution in [0.1, 0.15) is 138 Å². The maximum atomic E-state index is 12.9. The summed E-state index contributed by atoms with van der Waals surface area (Å²) in [6.45, 7) is 30.5. The molecule has 0 atom stereocenters. The van der Waals surface area contributed by atoms with Gasteiger partial charge in [-0.1, -0.05) is 115 Å². The lowest BCUT2D eigenvalue weighted by molar-refractivity contribution is -0.134. The molecule has 6 nitrogen and oxygen atoms in total. The van der Waals surface area contributed by atoms with Gasteiger partial charge in [-0.2, -0.15) is 8.42 Å². The van der Waals surface area contributed by atoms with Gasteiger partial charge in [0.15, 0.2) is 0 Å². The van der Waals surface area contributed by atoms with E-state index in [-0.39, 0.29) is 45.9 Å². The van der Waals surface area contributed by atoms with Crippen LogP contribution in [-0.2, 0) is 47.5 Å². The molecule has 0 aliphatic heterocycles. The molecule has 0 bridgehead atoms. The van der Waals surface area contributed by atoms with Gasteiger partial charge in [0.05, 0.1) is 6.61 Å². The molecule has 0 saturated carbocycles. The molecule has 1 N–H and O–H groups in total. The first-order valence-corrected chi connectivity index (χ1v) is 17.6. The molecule has 0 fully saturated rings. The Bertz CT molecular complexity index is 1360. The molecule has 0 amide bonds. The number of carbonyl (C=O) groups excluding carboxylic acids is 1. The van der Waals surface area contributed by atoms with Gasteiger partial charge in [0.2, 0.25) is 0 Å². The van der Waals surface area contributed by atoms with Crippen LogP contribution in [0.5, 0.6) is 5.75 Å². The molecule has 0 aliphatic carbocycles. The topological polar surface area (TPSA) is 89.9 Å². The molecule has 0 aliphatic rings. The maximum absolute atomic E-state index is 12.9. The van der Waals surface area contributed by atoms with Crippen molar-refractivity contribution >= 4 is 28.1 Å². The van der Waals surface area contributed by atoms with Gasteiger partial charge >= 0.3 is 16.4 Å². The van der Waals surface area contributed by atoms with Gasteiger partial charge in [-0.15, -0.1) is 11.8 Å². The molecule has 2 aromatic rings. The Morgan fingerprint density at radius 2 is 1.18 bits per heavy atom. The van der Waals surface area contributed by atoms with Gasteiger partial charge in [0, 0.05) is 27.2 Å². The zero-order valence-electron chi connectivity index (χ0n) is 29.5. The quantitative estimate of drug-likeness (QED) is 0.0902. The zero-order valence-corrected chi connectivity index (χ0v) is 31.2. The lowest BCUT2D eigenvalue weighted by Crippen LogP contribution is -2.24. The average molecular weight is 649 g/mol. The summed E-state index contributed by atoms with van der Waals surface area (Å²) >= 11 is 1.84. The van der Waals surface area contributed by atoms with E-state index < -0.39 is 16.4 Å². The Kier molecular flexibility index (Phi) is 11.7. The third kappa shape index (κ3) is 11.8. The van der Waals surface area contributed by atoms with Crippen molar-refractivity contribution < 1.29 is 26.7 Å². The van der Waals surface area contributed by atoms with E-state index in [0.717, 1.165) is 22.4 Å². The van der Waals surface area contributed by atoms with E-state index in [2.05, 4.69) is 131 Å². The largest absolute Gasteiger partial charge is 0.426 e. The second-order valence-corrected chi connectivity index (χ2v) is 19.5. The highest BCUT2D eigenvalue weighted by molar-refractivity contribution is 8.00. The van der Waals surface area contributed by atoms with E-state index in [4.69, 9.17) is 9.29 Å². The van der Waals surface area contributed by atoms with Crippen LogP contribution >= 0.6 is 11.8 Å². The van der Waals surface area contributed by atoms with Gasteiger partial charge < -0.3 is 4.74 Å². The van der Waals surface area contributed by atoms with Crippen molar-refractivity contribution in [3.05, 3.63) is 58.1 Å². The maximum Gasteiger partial charge on any atom is 0.397 e. The second-order valence-electron chi connectivity index (χ2n) is 16.6. The van der Waals surface area contributed by atoms with E-state index in [1.807, 2.05) is 11.8 Å². The first-order chi connectivity index (χ1) is 19.6. The minimum absolute atomic E-state index is 0.0452. The molecule has 0 heterocycles. The molecule has 0 aromatic heterocycles. The molecule has 2 aromatic carbocycles. The lowest BCUT2D eigenvalue weighted by atomic mass is 9.79. The van der Waals surface area contributed by atoms with E-state index in [9.17, 15) is 13.2 Å². The van der Waals surface area contributed by atoms with Crippen LogP contribution in [0.2, 0.25) is 0 Å². The summed E-state index contributed by atoms with van der Waals surface area (Å²) in [6, 6.07) is 11.4. The molecule has 0 radical (unpaired) electrons. The van der Waals surface area contributed by atoms with Crippen molar-refractivity contribution in [3.8, 4) is 5.75 Å². The zero-order chi connectivity index (χ0) is 34.1. The van der Waals surface area contributed by atoms with E-state index in [0.29, 0.717) is 5.75 Å². The van der Waals surface area contributed by atoms with Crippen molar-refractivity contribution in [3.63, 3.8) is 0 Å². The monoisotopic (exact) mass is 648 g/mol. The van der Waals surface area contributed by atoms with Gasteiger partial charge in [0.25, 0.3) is 0 Å². The summed E-state index contributed by atoms with van der Waals surface area (Å²) in [6.07, 6.45) is 0.947. The Balaban J connectivity index is 2.50. The molecule has 248 valence electrons. The van der Waals surface area contributed by atoms with Crippen LogP contribution in [0.15, 0.2) is 35.2 Å². The fourth-order valence-corrected chi connectivity index (χ4v) is 6.50. The molecule has 0 spiro atoms. The molecule has 44 heavy (non-hydrogen) atoms. The Labute approximate surface area is 272 Å². The van der Waals surface area contributed by atoms with Crippen LogP contribution in [0.3, 0.4) is 0 Å². The first kappa shape index (κ1) is 38.3. The standard InChI is InChI=1S/C36H56O6S2/c1-32(2,3)25-18-24(19-26(20-25)33(4,5)6)23-36(13,14)43-27-21-28(34(7,8)9)31(29(22-27)35(10,11)12)42-30(37)16-15-17-41-44(38,39)40/h18-22H,15-17,23H2,1-14H3,(H,38,39,40). The fraction of sp³-hybridized carbons (Fsp3) is 0.639. The summed E-state index contributed by atoms with van der Waals surface area (Å²) in [4.78, 5) is 14.0. The van der Waals surface area contributed by atoms with Gasteiger partial charge in [-0.25, -0.2) is 4.18 Å². The number of benzene rings is 2. The number of hydrogen-bond acceptors (Lipinski definition) is 6. The predicted octanol–water partition coefficient (Wildman–Crippen LogP) is 9.50. The Hall–Kier alpha value is -1.87. The third-order valence-corrected chi connectivity index (χ3v) is 9.03. The summed E-state index contributed by atoms with van der Waals surface area (Å²) in [7, 11) is -4.55. The van der Waals surface area contributed by atoms with Gasteiger partial charge in [-0.05, 0) is 63.3 Å². The van der Waals surface area contributed by atoms with Gasteiger partial charge in [-0.3, -0.25) is 9.35 Å². The molecule has 8 heteroatoms. The lowest BCUT2D eigenvalue weighted by Gasteiger charge is -2.32. The molecule has 0 saturated heterocycles. The predicted molar refractivity (Wildman–Crippen MR) is 184 cm³/mol. The van der Waals surface area contributed by atoms with Crippen molar-refractivity contribution in [1.82, 2.24) is 0 Å². The fourth-order valence-electron chi connectivity index (χ4n) is 4.94. The highest BCUT2D eigenvalue weighted by Crippen LogP contribution is 2.46. The molecule has 2 rings (SSSR count). The minimum Gasteiger partial charge on any atom is -0.426 e. The molecular formula is C36H56O6S2. The molecular weight excluding hydrogens is 593 g/mol. The normalized spacial score (nSPS) is 13.7. The average Bonchev–Trinajstić information content (AvgIpc) is 2.78. The summed E-state index contributed by atoms with van der Waals surface area (Å²) < 4.78 is 40.7. The van der Waals surface area contributed by atoms with Gasteiger partial charge in [0.1, 0.15) is 5.75 Å². The van der Waals surface area contributed by atoms with Crippen LogP contribution in [0, 0.1) is 0 Å². The minimum atomic E-state index is -4.55. The van der Waals surface area contributed by atoms with Crippen LogP contribution < -0.4 is 4.74 Å². The van der Waals surface area contributed by atoms with Crippen LogP contribution in [0.4, 0.5) is 0 Å². The third-order valence-electron chi connectivity index (χ3n) is 7.40. The number of rotatable bonds is 10. The Morgan fingerprint density at radius 3 is 1.57 bits per heavy atom. The number of carbonyl (C=O) groups is 1. The van der Waals surface area contributed by atoms with Crippen molar-refractivity contribution in [2.45, 2.75) is 147 Å². The van der Waals surface area contributed by atoms with Crippen LogP contribution in [-0.4, -0.2) is 30.3 Å². The smallest absolute Gasteiger partial charge is 0.397 e. The van der Waals surface area contributed by atoms with E-state index in [1.165, 1.54) is 16.7 Å². The van der Waals surface area contributed by atoms with E-state index in [1.54, 1.807) is 0 Å². The summed E-state index contributed by atoms with van der Waals surface area (Å²) in [5, 5.41) is 0. The molecule has 0 unspecified atom stereocenters. The van der Waals surface area contributed by atoms with Crippen molar-refractivity contribution in [1.29, 1.82) is 0 Å².